The van der Waals surface area contributed by atoms with Gasteiger partial charge in [0.25, 0.3) is 0 Å². The highest BCUT2D eigenvalue weighted by Gasteiger charge is 2.61. The van der Waals surface area contributed by atoms with Crippen molar-refractivity contribution in [1.29, 1.82) is 0 Å². The molecular weight excluding hydrogens is 324 g/mol. The van der Waals surface area contributed by atoms with E-state index in [-0.39, 0.29) is 11.0 Å². The van der Waals surface area contributed by atoms with Crippen LogP contribution in [0.1, 0.15) is 63.0 Å². The first-order valence-electron chi connectivity index (χ1n) is 10.1. The number of benzene rings is 1. The van der Waals surface area contributed by atoms with Gasteiger partial charge in [0.05, 0.1) is 13.7 Å². The lowest BCUT2D eigenvalue weighted by Gasteiger charge is -2.48. The number of allylic oxidation sites excluding steroid dienone is 2. The Morgan fingerprint density at radius 2 is 2.04 bits per heavy atom. The molecule has 3 nitrogen and oxygen atoms in total. The molecule has 26 heavy (non-hydrogen) atoms. The zero-order chi connectivity index (χ0) is 17.8. The fraction of sp³-hybridized carbons (Fsp3) is 0.565. The normalized spacial score (nSPS) is 32.3. The minimum absolute atomic E-state index is 0.114. The standard InChI is InChI=1S/C23H28O3/c1-3-10-22-11-8-19-18-7-5-17(24-2)15-16(18)4-6-20(19)21(22)9-12-23(22)13-14-25-26-23/h5,7,9,15H,3-4,6,8,10-14H2,1-2H3/t22-,23?/m0/s1. The lowest BCUT2D eigenvalue weighted by molar-refractivity contribution is -0.328. The Kier molecular flexibility index (Phi) is 3.81. The maximum absolute atomic E-state index is 6.02. The Balaban J connectivity index is 1.61. The highest BCUT2D eigenvalue weighted by molar-refractivity contribution is 5.79. The highest BCUT2D eigenvalue weighted by atomic mass is 17.2. The molecule has 1 saturated heterocycles. The van der Waals surface area contributed by atoms with E-state index in [1.165, 1.54) is 30.4 Å². The zero-order valence-electron chi connectivity index (χ0n) is 15.9. The summed E-state index contributed by atoms with van der Waals surface area (Å²) in [6.07, 6.45) is 11.5. The molecule has 0 saturated carbocycles. The first-order chi connectivity index (χ1) is 12.7. The minimum atomic E-state index is -0.114. The third-order valence-corrected chi connectivity index (χ3v) is 7.28. The summed E-state index contributed by atoms with van der Waals surface area (Å²) in [5.41, 5.74) is 7.70. The number of methoxy groups -OCH3 is 1. The second kappa shape index (κ2) is 5.97. The van der Waals surface area contributed by atoms with Gasteiger partial charge in [0.2, 0.25) is 0 Å². The van der Waals surface area contributed by atoms with Gasteiger partial charge in [-0.3, -0.25) is 0 Å². The molecule has 1 fully saturated rings. The topological polar surface area (TPSA) is 27.7 Å². The van der Waals surface area contributed by atoms with Gasteiger partial charge in [-0.1, -0.05) is 25.5 Å². The molecule has 3 heteroatoms. The molecule has 0 aromatic heterocycles. The molecule has 4 aliphatic rings. The van der Waals surface area contributed by atoms with E-state index in [0.717, 1.165) is 44.5 Å². The monoisotopic (exact) mass is 352 g/mol. The number of fused-ring (bicyclic) bond motifs is 5. The summed E-state index contributed by atoms with van der Waals surface area (Å²) in [5, 5.41) is 0. The van der Waals surface area contributed by atoms with Crippen LogP contribution in [-0.2, 0) is 16.2 Å². The summed E-state index contributed by atoms with van der Waals surface area (Å²) in [4.78, 5) is 11.5. The summed E-state index contributed by atoms with van der Waals surface area (Å²) in [5.74, 6) is 0.972. The van der Waals surface area contributed by atoms with Crippen molar-refractivity contribution in [1.82, 2.24) is 0 Å². The molecule has 1 unspecified atom stereocenters. The molecule has 0 radical (unpaired) electrons. The van der Waals surface area contributed by atoms with E-state index in [1.807, 2.05) is 0 Å². The number of hydrogen-bond donors (Lipinski definition) is 0. The Labute approximate surface area is 156 Å². The molecule has 138 valence electrons. The van der Waals surface area contributed by atoms with Gasteiger partial charge in [-0.15, -0.1) is 0 Å². The van der Waals surface area contributed by atoms with Gasteiger partial charge in [-0.05, 0) is 78.5 Å². The molecule has 0 bridgehead atoms. The zero-order valence-corrected chi connectivity index (χ0v) is 15.9. The first kappa shape index (κ1) is 16.6. The number of hydrogen-bond acceptors (Lipinski definition) is 3. The van der Waals surface area contributed by atoms with Gasteiger partial charge >= 0.3 is 0 Å². The van der Waals surface area contributed by atoms with Crippen molar-refractivity contribution in [3.63, 3.8) is 0 Å². The Morgan fingerprint density at radius 3 is 2.81 bits per heavy atom. The van der Waals surface area contributed by atoms with Crippen LogP contribution in [0.15, 0.2) is 35.4 Å². The van der Waals surface area contributed by atoms with E-state index in [9.17, 15) is 0 Å². The fourth-order valence-electron chi connectivity index (χ4n) is 6.14. The highest BCUT2D eigenvalue weighted by Crippen LogP contribution is 2.64. The second-order valence-corrected chi connectivity index (χ2v) is 8.28. The summed E-state index contributed by atoms with van der Waals surface area (Å²) < 4.78 is 5.44. The van der Waals surface area contributed by atoms with Crippen LogP contribution < -0.4 is 4.74 Å². The van der Waals surface area contributed by atoms with Crippen LogP contribution >= 0.6 is 0 Å². The third kappa shape index (κ3) is 2.07. The van der Waals surface area contributed by atoms with E-state index < -0.39 is 0 Å². The van der Waals surface area contributed by atoms with Gasteiger partial charge in [0.15, 0.2) is 0 Å². The average Bonchev–Trinajstić information content (AvgIpc) is 3.28. The van der Waals surface area contributed by atoms with E-state index in [4.69, 9.17) is 14.5 Å². The molecule has 0 amide bonds. The molecule has 1 heterocycles. The predicted molar refractivity (Wildman–Crippen MR) is 102 cm³/mol. The summed E-state index contributed by atoms with van der Waals surface area (Å²) in [6.45, 7) is 3.04. The van der Waals surface area contributed by atoms with Gasteiger partial charge in [-0.2, -0.15) is 0 Å². The van der Waals surface area contributed by atoms with Crippen molar-refractivity contribution < 1.29 is 14.5 Å². The van der Waals surface area contributed by atoms with Crippen LogP contribution in [0.3, 0.4) is 0 Å². The lowest BCUT2D eigenvalue weighted by Crippen LogP contribution is -2.47. The summed E-state index contributed by atoms with van der Waals surface area (Å²) in [6, 6.07) is 6.61. The average molecular weight is 352 g/mol. The van der Waals surface area contributed by atoms with Crippen molar-refractivity contribution >= 4 is 5.57 Å². The van der Waals surface area contributed by atoms with E-state index in [0.29, 0.717) is 0 Å². The molecule has 1 spiro atoms. The van der Waals surface area contributed by atoms with Crippen molar-refractivity contribution in [2.45, 2.75) is 63.9 Å². The Morgan fingerprint density at radius 1 is 1.12 bits per heavy atom. The van der Waals surface area contributed by atoms with Crippen LogP contribution in [0.5, 0.6) is 5.75 Å². The molecule has 1 aromatic carbocycles. The molecular formula is C23H28O3. The van der Waals surface area contributed by atoms with Crippen molar-refractivity contribution in [2.75, 3.05) is 13.7 Å². The van der Waals surface area contributed by atoms with Gasteiger partial charge in [0.1, 0.15) is 11.4 Å². The van der Waals surface area contributed by atoms with Crippen molar-refractivity contribution in [3.05, 3.63) is 46.5 Å². The van der Waals surface area contributed by atoms with Crippen LogP contribution in [0.25, 0.3) is 5.57 Å². The molecule has 3 aliphatic carbocycles. The third-order valence-electron chi connectivity index (χ3n) is 7.28. The second-order valence-electron chi connectivity index (χ2n) is 8.28. The summed E-state index contributed by atoms with van der Waals surface area (Å²) >= 11 is 0. The summed E-state index contributed by atoms with van der Waals surface area (Å²) in [7, 11) is 1.75. The molecule has 5 rings (SSSR count). The van der Waals surface area contributed by atoms with Gasteiger partial charge in [-0.25, -0.2) is 9.78 Å². The Bertz CT molecular complexity index is 798. The molecule has 1 aromatic rings. The fourth-order valence-corrected chi connectivity index (χ4v) is 6.14. The van der Waals surface area contributed by atoms with Gasteiger partial charge in [0, 0.05) is 11.8 Å². The lowest BCUT2D eigenvalue weighted by atomic mass is 9.57. The number of ether oxygens (including phenoxy) is 1. The molecule has 0 N–H and O–H groups in total. The van der Waals surface area contributed by atoms with E-state index >= 15 is 0 Å². The molecule has 2 atom stereocenters. The van der Waals surface area contributed by atoms with Crippen LogP contribution in [0, 0.1) is 5.41 Å². The largest absolute Gasteiger partial charge is 0.497 e. The maximum atomic E-state index is 6.02. The number of rotatable bonds is 3. The van der Waals surface area contributed by atoms with Crippen molar-refractivity contribution in [2.24, 2.45) is 5.41 Å². The van der Waals surface area contributed by atoms with Crippen molar-refractivity contribution in [3.8, 4) is 5.75 Å². The quantitative estimate of drug-likeness (QED) is 0.682. The Hall–Kier alpha value is -1.58. The van der Waals surface area contributed by atoms with Crippen LogP contribution in [0.2, 0.25) is 0 Å². The number of aryl methyl sites for hydroxylation is 1. The van der Waals surface area contributed by atoms with Gasteiger partial charge < -0.3 is 4.74 Å². The smallest absolute Gasteiger partial charge is 0.119 e. The first-order valence-corrected chi connectivity index (χ1v) is 10.1. The van der Waals surface area contributed by atoms with E-state index in [1.54, 1.807) is 23.8 Å². The maximum Gasteiger partial charge on any atom is 0.119 e. The van der Waals surface area contributed by atoms with Crippen LogP contribution in [0.4, 0.5) is 0 Å². The minimum Gasteiger partial charge on any atom is -0.497 e. The van der Waals surface area contributed by atoms with E-state index in [2.05, 4.69) is 31.2 Å². The molecule has 1 aliphatic heterocycles. The SMILES string of the molecule is CCC[C@]12CCC3=C(CCc4cc(OC)ccc43)C1=CCC21CCOO1. The van der Waals surface area contributed by atoms with Crippen LogP contribution in [-0.4, -0.2) is 19.3 Å². The predicted octanol–water partition coefficient (Wildman–Crippen LogP) is 5.40.